The quantitative estimate of drug-likeness (QED) is 0.787. The molecule has 24 heavy (non-hydrogen) atoms. The predicted molar refractivity (Wildman–Crippen MR) is 92.1 cm³/mol. The third-order valence-electron chi connectivity index (χ3n) is 4.47. The lowest BCUT2D eigenvalue weighted by Crippen LogP contribution is -2.32. The molecule has 0 spiro atoms. The second kappa shape index (κ2) is 7.45. The van der Waals surface area contributed by atoms with Gasteiger partial charge < -0.3 is 15.4 Å². The minimum atomic E-state index is -0.631. The van der Waals surface area contributed by atoms with Crippen molar-refractivity contribution < 1.29 is 9.90 Å². The summed E-state index contributed by atoms with van der Waals surface area (Å²) in [6.45, 7) is 0.311. The summed E-state index contributed by atoms with van der Waals surface area (Å²) < 4.78 is 0. The highest BCUT2D eigenvalue weighted by molar-refractivity contribution is 5.94. The molecule has 1 atom stereocenters. The fourth-order valence-electron chi connectivity index (χ4n) is 3.10. The summed E-state index contributed by atoms with van der Waals surface area (Å²) in [6, 6.07) is 11.0. The number of rotatable bonds is 5. The SMILES string of the molecule is O=C(NCCC(O)c1ccccc1)c1cc2c([nH]c1=O)CCCC2. The van der Waals surface area contributed by atoms with Gasteiger partial charge in [0.2, 0.25) is 0 Å². The topological polar surface area (TPSA) is 82.2 Å². The Morgan fingerprint density at radius 1 is 1.21 bits per heavy atom. The lowest BCUT2D eigenvalue weighted by Gasteiger charge is -2.16. The van der Waals surface area contributed by atoms with Crippen molar-refractivity contribution in [2.45, 2.75) is 38.2 Å². The highest BCUT2D eigenvalue weighted by atomic mass is 16.3. The number of amides is 1. The van der Waals surface area contributed by atoms with Gasteiger partial charge >= 0.3 is 0 Å². The van der Waals surface area contributed by atoms with E-state index in [4.69, 9.17) is 0 Å². The molecule has 0 saturated heterocycles. The Morgan fingerprint density at radius 2 is 1.96 bits per heavy atom. The molecule has 1 heterocycles. The molecule has 3 rings (SSSR count). The highest BCUT2D eigenvalue weighted by Gasteiger charge is 2.17. The summed E-state index contributed by atoms with van der Waals surface area (Å²) in [7, 11) is 0. The van der Waals surface area contributed by atoms with Crippen molar-refractivity contribution in [3.63, 3.8) is 0 Å². The van der Waals surface area contributed by atoms with E-state index in [1.165, 1.54) is 0 Å². The predicted octanol–water partition coefficient (Wildman–Crippen LogP) is 2.11. The van der Waals surface area contributed by atoms with Crippen molar-refractivity contribution in [2.75, 3.05) is 6.54 Å². The van der Waals surface area contributed by atoms with Crippen molar-refractivity contribution in [3.05, 3.63) is 69.1 Å². The van der Waals surface area contributed by atoms with Gasteiger partial charge in [0.05, 0.1) is 6.10 Å². The number of aliphatic hydroxyl groups is 1. The van der Waals surface area contributed by atoms with Crippen LogP contribution in [0.15, 0.2) is 41.2 Å². The first-order valence-corrected chi connectivity index (χ1v) is 8.41. The number of aromatic nitrogens is 1. The van der Waals surface area contributed by atoms with Crippen LogP contribution in [0, 0.1) is 0 Å². The van der Waals surface area contributed by atoms with E-state index < -0.39 is 6.10 Å². The van der Waals surface area contributed by atoms with Crippen LogP contribution in [-0.2, 0) is 12.8 Å². The maximum absolute atomic E-state index is 12.3. The van der Waals surface area contributed by atoms with Crippen LogP contribution in [0.25, 0.3) is 0 Å². The van der Waals surface area contributed by atoms with Crippen molar-refractivity contribution in [1.82, 2.24) is 10.3 Å². The largest absolute Gasteiger partial charge is 0.388 e. The molecular weight excluding hydrogens is 304 g/mol. The normalized spacial score (nSPS) is 14.7. The van der Waals surface area contributed by atoms with Crippen molar-refractivity contribution in [2.24, 2.45) is 0 Å². The Hall–Kier alpha value is -2.40. The number of fused-ring (bicyclic) bond motifs is 1. The zero-order valence-electron chi connectivity index (χ0n) is 13.5. The summed E-state index contributed by atoms with van der Waals surface area (Å²) in [5.41, 5.74) is 2.66. The second-order valence-electron chi connectivity index (χ2n) is 6.19. The fourth-order valence-corrected chi connectivity index (χ4v) is 3.10. The number of benzene rings is 1. The van der Waals surface area contributed by atoms with Gasteiger partial charge in [-0.3, -0.25) is 9.59 Å². The standard InChI is InChI=1S/C19H22N2O3/c22-17(13-6-2-1-3-7-13)10-11-20-18(23)15-12-14-8-4-5-9-16(14)21-19(15)24/h1-3,6-7,12,17,22H,4-5,8-11H2,(H,20,23)(H,21,24). The van der Waals surface area contributed by atoms with Gasteiger partial charge in [-0.05, 0) is 49.3 Å². The number of carbonyl (C=O) groups is 1. The van der Waals surface area contributed by atoms with E-state index in [-0.39, 0.29) is 17.0 Å². The average molecular weight is 326 g/mol. The van der Waals surface area contributed by atoms with Crippen LogP contribution < -0.4 is 10.9 Å². The third kappa shape index (κ3) is 3.74. The van der Waals surface area contributed by atoms with Crippen LogP contribution in [0.3, 0.4) is 0 Å². The first kappa shape index (κ1) is 16.5. The molecular formula is C19H22N2O3. The zero-order chi connectivity index (χ0) is 16.9. The van der Waals surface area contributed by atoms with E-state index in [1.54, 1.807) is 6.07 Å². The Labute approximate surface area is 140 Å². The molecule has 1 aliphatic rings. The lowest BCUT2D eigenvalue weighted by atomic mass is 9.95. The lowest BCUT2D eigenvalue weighted by molar-refractivity contribution is 0.0941. The Morgan fingerprint density at radius 3 is 2.75 bits per heavy atom. The molecule has 126 valence electrons. The molecule has 5 nitrogen and oxygen atoms in total. The molecule has 1 aliphatic carbocycles. The number of nitrogens with one attached hydrogen (secondary N) is 2. The molecule has 1 unspecified atom stereocenters. The van der Waals surface area contributed by atoms with Gasteiger partial charge in [0.1, 0.15) is 5.56 Å². The molecule has 1 amide bonds. The Kier molecular flexibility index (Phi) is 5.11. The number of aromatic amines is 1. The van der Waals surface area contributed by atoms with Crippen LogP contribution in [0.1, 0.15) is 52.5 Å². The fraction of sp³-hybridized carbons (Fsp3) is 0.368. The molecule has 1 aromatic carbocycles. The van der Waals surface area contributed by atoms with E-state index in [9.17, 15) is 14.7 Å². The minimum Gasteiger partial charge on any atom is -0.388 e. The zero-order valence-corrected chi connectivity index (χ0v) is 13.5. The smallest absolute Gasteiger partial charge is 0.261 e. The number of H-pyrrole nitrogens is 1. The maximum Gasteiger partial charge on any atom is 0.261 e. The summed E-state index contributed by atoms with van der Waals surface area (Å²) in [5.74, 6) is -0.384. The highest BCUT2D eigenvalue weighted by Crippen LogP contribution is 2.18. The molecule has 5 heteroatoms. The van der Waals surface area contributed by atoms with Crippen molar-refractivity contribution >= 4 is 5.91 Å². The summed E-state index contributed by atoms with van der Waals surface area (Å²) in [6.07, 6.45) is 3.70. The van der Waals surface area contributed by atoms with Crippen LogP contribution >= 0.6 is 0 Å². The van der Waals surface area contributed by atoms with Gasteiger partial charge in [-0.25, -0.2) is 0 Å². The second-order valence-corrected chi connectivity index (χ2v) is 6.19. The number of carbonyl (C=O) groups excluding carboxylic acids is 1. The Bertz CT molecular complexity index is 768. The Balaban J connectivity index is 1.60. The first-order valence-electron chi connectivity index (χ1n) is 8.41. The van der Waals surface area contributed by atoms with Gasteiger partial charge in [-0.15, -0.1) is 0 Å². The van der Waals surface area contributed by atoms with E-state index in [0.29, 0.717) is 13.0 Å². The number of aliphatic hydroxyl groups excluding tert-OH is 1. The van der Waals surface area contributed by atoms with Crippen LogP contribution in [0.4, 0.5) is 0 Å². The van der Waals surface area contributed by atoms with E-state index >= 15 is 0 Å². The molecule has 1 aromatic heterocycles. The van der Waals surface area contributed by atoms with Gasteiger partial charge in [0.15, 0.2) is 0 Å². The van der Waals surface area contributed by atoms with E-state index in [2.05, 4.69) is 10.3 Å². The summed E-state index contributed by atoms with van der Waals surface area (Å²) in [5, 5.41) is 12.8. The van der Waals surface area contributed by atoms with Crippen molar-refractivity contribution in [1.29, 1.82) is 0 Å². The van der Waals surface area contributed by atoms with Gasteiger partial charge in [0.25, 0.3) is 11.5 Å². The molecule has 2 aromatic rings. The maximum atomic E-state index is 12.3. The van der Waals surface area contributed by atoms with Crippen molar-refractivity contribution in [3.8, 4) is 0 Å². The van der Waals surface area contributed by atoms with Gasteiger partial charge in [-0.2, -0.15) is 0 Å². The van der Waals surface area contributed by atoms with Crippen LogP contribution in [-0.4, -0.2) is 22.5 Å². The summed E-state index contributed by atoms with van der Waals surface area (Å²) in [4.78, 5) is 27.2. The third-order valence-corrected chi connectivity index (χ3v) is 4.47. The molecule has 0 aliphatic heterocycles. The van der Waals surface area contributed by atoms with E-state index in [1.807, 2.05) is 30.3 Å². The van der Waals surface area contributed by atoms with Crippen LogP contribution in [0.2, 0.25) is 0 Å². The first-order chi connectivity index (χ1) is 11.6. The monoisotopic (exact) mass is 326 g/mol. The van der Waals surface area contributed by atoms with Gasteiger partial charge in [0, 0.05) is 12.2 Å². The molecule has 0 radical (unpaired) electrons. The van der Waals surface area contributed by atoms with Gasteiger partial charge in [-0.1, -0.05) is 30.3 Å². The molecule has 0 fully saturated rings. The number of aryl methyl sites for hydroxylation is 2. The van der Waals surface area contributed by atoms with E-state index in [0.717, 1.165) is 42.5 Å². The van der Waals surface area contributed by atoms with Crippen LogP contribution in [0.5, 0.6) is 0 Å². The minimum absolute atomic E-state index is 0.157. The number of hydrogen-bond acceptors (Lipinski definition) is 3. The number of pyridine rings is 1. The molecule has 0 saturated carbocycles. The summed E-state index contributed by atoms with van der Waals surface area (Å²) >= 11 is 0. The molecule has 3 N–H and O–H groups in total. The average Bonchev–Trinajstić information content (AvgIpc) is 2.61. The molecule has 0 bridgehead atoms. The number of hydrogen-bond donors (Lipinski definition) is 3.